The highest BCUT2D eigenvalue weighted by molar-refractivity contribution is 7.09. The summed E-state index contributed by atoms with van der Waals surface area (Å²) < 4.78 is 11.5. The number of amides is 1. The van der Waals surface area contributed by atoms with E-state index < -0.39 is 5.60 Å². The Morgan fingerprint density at radius 1 is 1.27 bits per heavy atom. The first kappa shape index (κ1) is 19.2. The molecule has 0 atom stereocenters. The van der Waals surface area contributed by atoms with Gasteiger partial charge in [0.1, 0.15) is 5.75 Å². The molecule has 1 amide bonds. The van der Waals surface area contributed by atoms with Crippen molar-refractivity contribution in [3.63, 3.8) is 0 Å². The molecule has 0 spiro atoms. The highest BCUT2D eigenvalue weighted by Crippen LogP contribution is 2.27. The fourth-order valence-electron chi connectivity index (χ4n) is 3.12. The maximum Gasteiger partial charge on any atom is 0.266 e. The van der Waals surface area contributed by atoms with Crippen LogP contribution in [0.1, 0.15) is 31.6 Å². The average Bonchev–Trinajstić information content (AvgIpc) is 3.15. The van der Waals surface area contributed by atoms with Crippen LogP contribution >= 0.6 is 22.9 Å². The van der Waals surface area contributed by atoms with Crippen molar-refractivity contribution >= 4 is 28.8 Å². The monoisotopic (exact) mass is 393 g/mol. The van der Waals surface area contributed by atoms with Gasteiger partial charge in [-0.25, -0.2) is 0 Å². The predicted octanol–water partition coefficient (Wildman–Crippen LogP) is 4.77. The third kappa shape index (κ3) is 4.78. The van der Waals surface area contributed by atoms with Gasteiger partial charge in [0, 0.05) is 29.2 Å². The number of hydrogen-bond donors (Lipinski definition) is 0. The molecule has 1 saturated heterocycles. The van der Waals surface area contributed by atoms with Gasteiger partial charge in [-0.1, -0.05) is 17.7 Å². The van der Waals surface area contributed by atoms with Crippen LogP contribution in [0.4, 0.5) is 0 Å². The molecule has 4 nitrogen and oxygen atoms in total. The third-order valence-corrected chi connectivity index (χ3v) is 5.61. The fourth-order valence-corrected chi connectivity index (χ4v) is 3.95. The lowest BCUT2D eigenvalue weighted by Gasteiger charge is -2.38. The fraction of sp³-hybridized carbons (Fsp3) is 0.450. The molecular weight excluding hydrogens is 370 g/mol. The van der Waals surface area contributed by atoms with Gasteiger partial charge in [0.2, 0.25) is 0 Å². The lowest BCUT2D eigenvalue weighted by Crippen LogP contribution is -2.53. The summed E-state index contributed by atoms with van der Waals surface area (Å²) in [7, 11) is 0. The molecule has 2 heterocycles. The van der Waals surface area contributed by atoms with Gasteiger partial charge in [0.05, 0.1) is 6.54 Å². The summed E-state index contributed by atoms with van der Waals surface area (Å²) in [5, 5.41) is 2.68. The van der Waals surface area contributed by atoms with Crippen LogP contribution in [-0.2, 0) is 16.1 Å². The van der Waals surface area contributed by atoms with Crippen molar-refractivity contribution in [2.75, 3.05) is 13.2 Å². The Kier molecular flexibility index (Phi) is 6.22. The van der Waals surface area contributed by atoms with E-state index in [-0.39, 0.29) is 11.9 Å². The minimum absolute atomic E-state index is 0.00671. The summed E-state index contributed by atoms with van der Waals surface area (Å²) in [6.45, 7) is 5.64. The van der Waals surface area contributed by atoms with E-state index in [4.69, 9.17) is 21.1 Å². The van der Waals surface area contributed by atoms with E-state index in [0.717, 1.165) is 12.8 Å². The van der Waals surface area contributed by atoms with Gasteiger partial charge in [-0.3, -0.25) is 4.79 Å². The molecule has 1 aromatic carbocycles. The van der Waals surface area contributed by atoms with Gasteiger partial charge in [-0.15, -0.1) is 11.3 Å². The first-order valence-corrected chi connectivity index (χ1v) is 10.1. The molecule has 1 aliphatic heterocycles. The quantitative estimate of drug-likeness (QED) is 0.709. The topological polar surface area (TPSA) is 38.8 Å². The van der Waals surface area contributed by atoms with Crippen LogP contribution in [0.25, 0.3) is 0 Å². The molecule has 1 aromatic heterocycles. The number of thiophene rings is 1. The Bertz CT molecular complexity index is 709. The highest BCUT2D eigenvalue weighted by Gasteiger charge is 2.38. The van der Waals surface area contributed by atoms with Crippen molar-refractivity contribution in [1.29, 1.82) is 0 Å². The Morgan fingerprint density at radius 3 is 2.58 bits per heavy atom. The van der Waals surface area contributed by atoms with Crippen LogP contribution in [0.5, 0.6) is 5.75 Å². The Balaban J connectivity index is 1.78. The van der Waals surface area contributed by atoms with E-state index in [1.807, 2.05) is 30.2 Å². The first-order valence-electron chi connectivity index (χ1n) is 8.81. The van der Waals surface area contributed by atoms with Gasteiger partial charge in [0.25, 0.3) is 5.91 Å². The van der Waals surface area contributed by atoms with E-state index >= 15 is 0 Å². The molecule has 0 bridgehead atoms. The number of benzene rings is 1. The van der Waals surface area contributed by atoms with Gasteiger partial charge in [0.15, 0.2) is 5.60 Å². The first-order chi connectivity index (χ1) is 12.5. The number of rotatable bonds is 6. The lowest BCUT2D eigenvalue weighted by molar-refractivity contribution is -0.150. The van der Waals surface area contributed by atoms with Gasteiger partial charge in [-0.05, 0) is 62.4 Å². The Morgan fingerprint density at radius 2 is 1.96 bits per heavy atom. The van der Waals surface area contributed by atoms with Crippen molar-refractivity contribution in [3.05, 3.63) is 51.7 Å². The van der Waals surface area contributed by atoms with Crippen LogP contribution in [0, 0.1) is 0 Å². The normalized spacial score (nSPS) is 15.7. The second kappa shape index (κ2) is 8.42. The summed E-state index contributed by atoms with van der Waals surface area (Å²) in [6, 6.07) is 11.4. The molecule has 0 radical (unpaired) electrons. The highest BCUT2D eigenvalue weighted by atomic mass is 35.5. The van der Waals surface area contributed by atoms with Crippen molar-refractivity contribution in [2.24, 2.45) is 0 Å². The minimum atomic E-state index is -0.969. The molecule has 140 valence electrons. The van der Waals surface area contributed by atoms with Crippen molar-refractivity contribution in [3.8, 4) is 5.75 Å². The molecule has 0 saturated carbocycles. The molecule has 26 heavy (non-hydrogen) atoms. The van der Waals surface area contributed by atoms with Crippen LogP contribution in [0.15, 0.2) is 41.8 Å². The molecular formula is C20H24ClNO3S. The zero-order valence-corrected chi connectivity index (χ0v) is 16.7. The summed E-state index contributed by atoms with van der Waals surface area (Å²) in [5.41, 5.74) is -0.969. The van der Waals surface area contributed by atoms with Crippen LogP contribution in [-0.4, -0.2) is 35.7 Å². The molecule has 0 unspecified atom stereocenters. The predicted molar refractivity (Wildman–Crippen MR) is 105 cm³/mol. The van der Waals surface area contributed by atoms with Crippen LogP contribution < -0.4 is 4.74 Å². The summed E-state index contributed by atoms with van der Waals surface area (Å²) in [6.07, 6.45) is 1.71. The molecule has 0 aliphatic carbocycles. The van der Waals surface area contributed by atoms with E-state index in [0.29, 0.717) is 30.5 Å². The van der Waals surface area contributed by atoms with E-state index in [1.165, 1.54) is 4.88 Å². The maximum absolute atomic E-state index is 13.4. The maximum atomic E-state index is 13.4. The van der Waals surface area contributed by atoms with E-state index in [9.17, 15) is 4.79 Å². The molecule has 3 rings (SSSR count). The molecule has 1 aliphatic rings. The van der Waals surface area contributed by atoms with Crippen LogP contribution in [0.3, 0.4) is 0 Å². The number of nitrogens with zero attached hydrogens (tertiary/aromatic N) is 1. The second-order valence-corrected chi connectivity index (χ2v) is 8.39. The molecule has 1 fully saturated rings. The molecule has 6 heteroatoms. The zero-order valence-electron chi connectivity index (χ0n) is 15.1. The molecule has 0 N–H and O–H groups in total. The lowest BCUT2D eigenvalue weighted by atomic mass is 10.0. The van der Waals surface area contributed by atoms with E-state index in [1.54, 1.807) is 35.6 Å². The number of hydrogen-bond acceptors (Lipinski definition) is 4. The van der Waals surface area contributed by atoms with Crippen LogP contribution in [0.2, 0.25) is 5.02 Å². The van der Waals surface area contributed by atoms with Crippen molar-refractivity contribution in [2.45, 2.75) is 44.9 Å². The second-order valence-electron chi connectivity index (χ2n) is 6.92. The summed E-state index contributed by atoms with van der Waals surface area (Å²) >= 11 is 7.60. The standard InChI is InChI=1S/C20H24ClNO3S/c1-20(2,25-17-7-5-15(21)6-8-17)19(23)22(14-18-4-3-13-26-18)16-9-11-24-12-10-16/h3-8,13,16H,9-12,14H2,1-2H3. The molecule has 2 aromatic rings. The van der Waals surface area contributed by atoms with Gasteiger partial charge >= 0.3 is 0 Å². The number of carbonyl (C=O) groups is 1. The Labute approximate surface area is 163 Å². The zero-order chi connectivity index (χ0) is 18.6. The number of carbonyl (C=O) groups excluding carboxylic acids is 1. The van der Waals surface area contributed by atoms with Crippen molar-refractivity contribution in [1.82, 2.24) is 4.90 Å². The Hall–Kier alpha value is -1.56. The average molecular weight is 394 g/mol. The smallest absolute Gasteiger partial charge is 0.266 e. The summed E-state index contributed by atoms with van der Waals surface area (Å²) in [4.78, 5) is 16.5. The number of ether oxygens (including phenoxy) is 2. The van der Waals surface area contributed by atoms with E-state index in [2.05, 4.69) is 6.07 Å². The van der Waals surface area contributed by atoms with Gasteiger partial charge in [-0.2, -0.15) is 0 Å². The largest absolute Gasteiger partial charge is 0.478 e. The third-order valence-electron chi connectivity index (χ3n) is 4.50. The minimum Gasteiger partial charge on any atom is -0.478 e. The van der Waals surface area contributed by atoms with Crippen molar-refractivity contribution < 1.29 is 14.3 Å². The number of halogens is 1. The summed E-state index contributed by atoms with van der Waals surface area (Å²) in [5.74, 6) is 0.628. The van der Waals surface area contributed by atoms with Gasteiger partial charge < -0.3 is 14.4 Å². The SMILES string of the molecule is CC(C)(Oc1ccc(Cl)cc1)C(=O)N(Cc1cccs1)C1CCOCC1.